The molecule has 7 nitrogen and oxygen atoms in total. The van der Waals surface area contributed by atoms with Gasteiger partial charge in [0.05, 0.1) is 16.3 Å². The van der Waals surface area contributed by atoms with Crippen LogP contribution in [0, 0.1) is 5.82 Å². The van der Waals surface area contributed by atoms with Crippen LogP contribution in [-0.4, -0.2) is 37.5 Å². The van der Waals surface area contributed by atoms with Gasteiger partial charge in [-0.05, 0) is 49.2 Å². The largest absolute Gasteiger partial charge is 0.397 e. The SMILES string of the molecule is Nc1c(-c2nnc(SCC(=O)NC3CCCC3)n2-c2ccc(F)cc2)sc2ncccc12. The van der Waals surface area contributed by atoms with E-state index in [-0.39, 0.29) is 23.5 Å². The maximum absolute atomic E-state index is 13.6. The van der Waals surface area contributed by atoms with Crippen LogP contribution < -0.4 is 11.1 Å². The fourth-order valence-electron chi connectivity index (χ4n) is 3.92. The summed E-state index contributed by atoms with van der Waals surface area (Å²) in [5.74, 6) is 0.400. The van der Waals surface area contributed by atoms with E-state index in [0.29, 0.717) is 22.4 Å². The number of thiophene rings is 1. The summed E-state index contributed by atoms with van der Waals surface area (Å²) < 4.78 is 15.4. The van der Waals surface area contributed by atoms with Gasteiger partial charge in [0.25, 0.3) is 0 Å². The summed E-state index contributed by atoms with van der Waals surface area (Å²) in [6.07, 6.45) is 6.10. The molecular weight excluding hydrogens is 447 g/mol. The monoisotopic (exact) mass is 468 g/mol. The number of halogens is 1. The van der Waals surface area contributed by atoms with Crippen LogP contribution in [0.2, 0.25) is 0 Å². The first-order valence-electron chi connectivity index (χ1n) is 10.4. The van der Waals surface area contributed by atoms with Gasteiger partial charge in [0, 0.05) is 23.3 Å². The zero-order chi connectivity index (χ0) is 22.1. The predicted octanol–water partition coefficient (Wildman–Crippen LogP) is 4.42. The van der Waals surface area contributed by atoms with Crippen molar-refractivity contribution < 1.29 is 9.18 Å². The van der Waals surface area contributed by atoms with Crippen LogP contribution in [0.1, 0.15) is 25.7 Å². The second-order valence-corrected chi connectivity index (χ2v) is 9.60. The molecule has 0 bridgehead atoms. The first-order valence-corrected chi connectivity index (χ1v) is 12.2. The normalized spacial score (nSPS) is 14.3. The van der Waals surface area contributed by atoms with Crippen molar-refractivity contribution in [2.45, 2.75) is 36.9 Å². The minimum atomic E-state index is -0.334. The van der Waals surface area contributed by atoms with Crippen LogP contribution in [0.4, 0.5) is 10.1 Å². The minimum absolute atomic E-state index is 0.0253. The number of hydrogen-bond donors (Lipinski definition) is 2. The van der Waals surface area contributed by atoms with Crippen LogP contribution in [-0.2, 0) is 4.79 Å². The van der Waals surface area contributed by atoms with Crippen molar-refractivity contribution in [3.8, 4) is 16.4 Å². The summed E-state index contributed by atoms with van der Waals surface area (Å²) in [6, 6.07) is 10.1. The fourth-order valence-corrected chi connectivity index (χ4v) is 5.72. The summed E-state index contributed by atoms with van der Waals surface area (Å²) in [5.41, 5.74) is 7.69. The van der Waals surface area contributed by atoms with E-state index in [1.165, 1.54) is 35.2 Å². The molecule has 3 N–H and O–H groups in total. The summed E-state index contributed by atoms with van der Waals surface area (Å²) in [4.78, 5) is 18.4. The second-order valence-electron chi connectivity index (χ2n) is 7.66. The molecular formula is C22H21FN6OS2. The van der Waals surface area contributed by atoms with Crippen molar-refractivity contribution in [3.63, 3.8) is 0 Å². The number of fused-ring (bicyclic) bond motifs is 1. The van der Waals surface area contributed by atoms with Crippen molar-refractivity contribution in [1.82, 2.24) is 25.1 Å². The van der Waals surface area contributed by atoms with E-state index in [0.717, 1.165) is 40.8 Å². The van der Waals surface area contributed by atoms with E-state index in [4.69, 9.17) is 5.73 Å². The van der Waals surface area contributed by atoms with E-state index < -0.39 is 0 Å². The van der Waals surface area contributed by atoms with Gasteiger partial charge in [-0.1, -0.05) is 24.6 Å². The number of rotatable bonds is 6. The van der Waals surface area contributed by atoms with Gasteiger partial charge in [0.1, 0.15) is 10.6 Å². The molecule has 0 atom stereocenters. The van der Waals surface area contributed by atoms with Crippen molar-refractivity contribution in [2.75, 3.05) is 11.5 Å². The van der Waals surface area contributed by atoms with Crippen LogP contribution in [0.25, 0.3) is 26.6 Å². The van der Waals surface area contributed by atoms with Gasteiger partial charge in [0.15, 0.2) is 11.0 Å². The quantitative estimate of drug-likeness (QED) is 0.407. The second kappa shape index (κ2) is 8.87. The Bertz CT molecular complexity index is 1260. The molecule has 1 fully saturated rings. The number of carbonyl (C=O) groups is 1. The minimum Gasteiger partial charge on any atom is -0.397 e. The van der Waals surface area contributed by atoms with Crippen molar-refractivity contribution in [2.24, 2.45) is 0 Å². The number of amides is 1. The van der Waals surface area contributed by atoms with E-state index in [1.54, 1.807) is 18.3 Å². The highest BCUT2D eigenvalue weighted by Crippen LogP contribution is 2.40. The summed E-state index contributed by atoms with van der Waals surface area (Å²) in [6.45, 7) is 0. The Morgan fingerprint density at radius 2 is 2.00 bits per heavy atom. The fraction of sp³-hybridized carbons (Fsp3) is 0.273. The van der Waals surface area contributed by atoms with Crippen LogP contribution in [0.3, 0.4) is 0 Å². The first kappa shape index (κ1) is 20.9. The van der Waals surface area contributed by atoms with Crippen LogP contribution >= 0.6 is 23.1 Å². The van der Waals surface area contributed by atoms with E-state index in [1.807, 2.05) is 16.7 Å². The number of hydrogen-bond acceptors (Lipinski definition) is 7. The number of nitrogens with one attached hydrogen (secondary N) is 1. The van der Waals surface area contributed by atoms with Gasteiger partial charge in [-0.15, -0.1) is 21.5 Å². The van der Waals surface area contributed by atoms with Crippen LogP contribution in [0.5, 0.6) is 0 Å². The number of thioether (sulfide) groups is 1. The third-order valence-corrected chi connectivity index (χ3v) is 7.53. The molecule has 0 saturated heterocycles. The molecule has 3 aromatic heterocycles. The van der Waals surface area contributed by atoms with Gasteiger partial charge < -0.3 is 11.1 Å². The lowest BCUT2D eigenvalue weighted by atomic mass is 10.2. The lowest BCUT2D eigenvalue weighted by molar-refractivity contribution is -0.119. The number of benzene rings is 1. The number of pyridine rings is 1. The molecule has 0 radical (unpaired) electrons. The Kier molecular flexibility index (Phi) is 5.79. The Balaban J connectivity index is 1.49. The molecule has 5 rings (SSSR count). The first-order chi connectivity index (χ1) is 15.6. The number of nitrogen functional groups attached to an aromatic ring is 1. The molecule has 0 unspecified atom stereocenters. The molecule has 1 aliphatic rings. The van der Waals surface area contributed by atoms with Gasteiger partial charge in [0.2, 0.25) is 5.91 Å². The third-order valence-electron chi connectivity index (χ3n) is 5.48. The van der Waals surface area contributed by atoms with Crippen molar-refractivity contribution >= 4 is 44.9 Å². The Labute approximate surface area is 192 Å². The topological polar surface area (TPSA) is 98.7 Å². The molecule has 0 spiro atoms. The Morgan fingerprint density at radius 3 is 2.75 bits per heavy atom. The van der Waals surface area contributed by atoms with Crippen molar-refractivity contribution in [1.29, 1.82) is 0 Å². The van der Waals surface area contributed by atoms with Gasteiger partial charge in [-0.2, -0.15) is 0 Å². The highest BCUT2D eigenvalue weighted by Gasteiger charge is 2.23. The smallest absolute Gasteiger partial charge is 0.230 e. The van der Waals surface area contributed by atoms with Gasteiger partial charge in [-0.25, -0.2) is 9.37 Å². The highest BCUT2D eigenvalue weighted by molar-refractivity contribution is 7.99. The number of nitrogens with two attached hydrogens (primary N) is 1. The molecule has 1 amide bonds. The molecule has 32 heavy (non-hydrogen) atoms. The third kappa shape index (κ3) is 4.07. The molecule has 4 aromatic rings. The lowest BCUT2D eigenvalue weighted by Gasteiger charge is -2.12. The van der Waals surface area contributed by atoms with E-state index in [2.05, 4.69) is 20.5 Å². The van der Waals surface area contributed by atoms with Gasteiger partial charge >= 0.3 is 0 Å². The lowest BCUT2D eigenvalue weighted by Crippen LogP contribution is -2.33. The van der Waals surface area contributed by atoms with Crippen molar-refractivity contribution in [3.05, 3.63) is 48.4 Å². The zero-order valence-electron chi connectivity index (χ0n) is 17.1. The standard InChI is InChI=1S/C22H21FN6OS2/c23-13-7-9-15(10-8-13)29-20(19-18(24)16-6-3-11-25-21(16)32-19)27-28-22(29)31-12-17(30)26-14-4-1-2-5-14/h3,6-11,14H,1-2,4-5,12,24H2,(H,26,30). The molecule has 1 aromatic carbocycles. The number of aromatic nitrogens is 4. The maximum Gasteiger partial charge on any atom is 0.230 e. The molecule has 1 aliphatic carbocycles. The molecule has 10 heteroatoms. The van der Waals surface area contributed by atoms with Gasteiger partial charge in [-0.3, -0.25) is 9.36 Å². The zero-order valence-corrected chi connectivity index (χ0v) is 18.8. The highest BCUT2D eigenvalue weighted by atomic mass is 32.2. The average molecular weight is 469 g/mol. The summed E-state index contributed by atoms with van der Waals surface area (Å²) in [7, 11) is 0. The predicted molar refractivity (Wildman–Crippen MR) is 125 cm³/mol. The average Bonchev–Trinajstić information content (AvgIpc) is 3.53. The Morgan fingerprint density at radius 1 is 1.22 bits per heavy atom. The molecule has 3 heterocycles. The summed E-state index contributed by atoms with van der Waals surface area (Å²) >= 11 is 2.72. The van der Waals surface area contributed by atoms with E-state index >= 15 is 0 Å². The van der Waals surface area contributed by atoms with Crippen LogP contribution in [0.15, 0.2) is 47.8 Å². The molecule has 0 aliphatic heterocycles. The number of anilines is 1. The molecule has 1 saturated carbocycles. The Hall–Kier alpha value is -2.98. The summed E-state index contributed by atoms with van der Waals surface area (Å²) in [5, 5.41) is 13.2. The molecule has 164 valence electrons. The number of carbonyl (C=O) groups excluding carboxylic acids is 1. The maximum atomic E-state index is 13.6. The number of nitrogens with zero attached hydrogens (tertiary/aromatic N) is 4. The van der Waals surface area contributed by atoms with E-state index in [9.17, 15) is 9.18 Å².